The van der Waals surface area contributed by atoms with Gasteiger partial charge in [0.2, 0.25) is 5.91 Å². The lowest BCUT2D eigenvalue weighted by atomic mass is 10.1. The first-order valence-corrected chi connectivity index (χ1v) is 7.09. The lowest BCUT2D eigenvalue weighted by molar-refractivity contribution is -0.130. The van der Waals surface area contributed by atoms with Gasteiger partial charge in [0.25, 0.3) is 5.91 Å². The fraction of sp³-hybridized carbons (Fsp3) is 0.467. The Hall–Kier alpha value is -2.24. The van der Waals surface area contributed by atoms with E-state index in [1.54, 1.807) is 37.1 Å². The highest BCUT2D eigenvalue weighted by Crippen LogP contribution is 2.21. The molecule has 0 saturated heterocycles. The van der Waals surface area contributed by atoms with Gasteiger partial charge in [-0.1, -0.05) is 0 Å². The van der Waals surface area contributed by atoms with Gasteiger partial charge in [-0.3, -0.25) is 9.59 Å². The Kier molecular flexibility index (Phi) is 6.02. The molecule has 0 fully saturated rings. The molecule has 6 nitrogen and oxygen atoms in total. The molecule has 1 aromatic carbocycles. The van der Waals surface area contributed by atoms with Gasteiger partial charge < -0.3 is 21.3 Å². The third kappa shape index (κ3) is 4.37. The van der Waals surface area contributed by atoms with Gasteiger partial charge in [-0.25, -0.2) is 0 Å². The zero-order valence-electron chi connectivity index (χ0n) is 13.1. The van der Waals surface area contributed by atoms with E-state index in [4.69, 9.17) is 5.73 Å². The van der Waals surface area contributed by atoms with Gasteiger partial charge in [-0.05, 0) is 39.0 Å². The van der Waals surface area contributed by atoms with Gasteiger partial charge in [0.15, 0.2) is 0 Å². The zero-order valence-corrected chi connectivity index (χ0v) is 13.1. The van der Waals surface area contributed by atoms with E-state index in [2.05, 4.69) is 10.6 Å². The molecule has 0 aromatic heterocycles. The van der Waals surface area contributed by atoms with Crippen molar-refractivity contribution in [1.82, 2.24) is 10.2 Å². The van der Waals surface area contributed by atoms with E-state index in [0.717, 1.165) is 0 Å². The molecule has 4 N–H and O–H groups in total. The van der Waals surface area contributed by atoms with Crippen molar-refractivity contribution < 1.29 is 9.59 Å². The Morgan fingerprint density at radius 3 is 2.57 bits per heavy atom. The van der Waals surface area contributed by atoms with Gasteiger partial charge in [-0.2, -0.15) is 0 Å². The maximum absolute atomic E-state index is 12.1. The first-order valence-electron chi connectivity index (χ1n) is 7.09. The monoisotopic (exact) mass is 292 g/mol. The lowest BCUT2D eigenvalue weighted by Gasteiger charge is -2.22. The van der Waals surface area contributed by atoms with Gasteiger partial charge in [0.05, 0.1) is 11.4 Å². The smallest absolute Gasteiger partial charge is 0.251 e. The van der Waals surface area contributed by atoms with E-state index >= 15 is 0 Å². The van der Waals surface area contributed by atoms with Gasteiger partial charge >= 0.3 is 0 Å². The van der Waals surface area contributed by atoms with Crippen molar-refractivity contribution in [2.45, 2.75) is 26.8 Å². The summed E-state index contributed by atoms with van der Waals surface area (Å²) in [5, 5.41) is 5.80. The van der Waals surface area contributed by atoms with E-state index in [1.807, 2.05) is 13.8 Å². The van der Waals surface area contributed by atoms with Crippen molar-refractivity contribution in [3.63, 3.8) is 0 Å². The SMILES string of the molecule is CCNC(=O)c1ccc(N)c(NC(C)C(=O)N(C)CC)c1. The number of amides is 2. The highest BCUT2D eigenvalue weighted by Gasteiger charge is 2.17. The number of nitrogens with one attached hydrogen (secondary N) is 2. The minimum Gasteiger partial charge on any atom is -0.397 e. The van der Waals surface area contributed by atoms with Crippen molar-refractivity contribution in [3.8, 4) is 0 Å². The molecule has 0 radical (unpaired) electrons. The Labute approximate surface area is 125 Å². The van der Waals surface area contributed by atoms with Crippen LogP contribution in [-0.4, -0.2) is 42.9 Å². The van der Waals surface area contributed by atoms with Crippen LogP contribution in [0.15, 0.2) is 18.2 Å². The fourth-order valence-electron chi connectivity index (χ4n) is 1.87. The van der Waals surface area contributed by atoms with Crippen LogP contribution in [0.1, 0.15) is 31.1 Å². The normalized spacial score (nSPS) is 11.6. The number of carbonyl (C=O) groups excluding carboxylic acids is 2. The van der Waals surface area contributed by atoms with Crippen molar-refractivity contribution in [1.29, 1.82) is 0 Å². The molecule has 1 unspecified atom stereocenters. The third-order valence-electron chi connectivity index (χ3n) is 3.25. The molecule has 6 heteroatoms. The molecule has 0 aliphatic rings. The third-order valence-corrected chi connectivity index (χ3v) is 3.25. The van der Waals surface area contributed by atoms with E-state index < -0.39 is 6.04 Å². The number of nitrogens with two attached hydrogens (primary N) is 1. The Bertz CT molecular complexity index is 516. The molecular formula is C15H24N4O2. The second-order valence-corrected chi connectivity index (χ2v) is 4.88. The standard InChI is InChI=1S/C15H24N4O2/c1-5-17-14(20)11-7-8-12(16)13(9-11)18-10(3)15(21)19(4)6-2/h7-10,18H,5-6,16H2,1-4H3,(H,17,20). The molecule has 1 aromatic rings. The summed E-state index contributed by atoms with van der Waals surface area (Å²) >= 11 is 0. The van der Waals surface area contributed by atoms with Crippen LogP contribution >= 0.6 is 0 Å². The van der Waals surface area contributed by atoms with Crippen molar-refractivity contribution in [2.75, 3.05) is 31.2 Å². The molecule has 0 spiro atoms. The highest BCUT2D eigenvalue weighted by atomic mass is 16.2. The van der Waals surface area contributed by atoms with Gasteiger partial charge in [0, 0.05) is 25.7 Å². The summed E-state index contributed by atoms with van der Waals surface area (Å²) in [6.45, 7) is 6.73. The van der Waals surface area contributed by atoms with Crippen LogP contribution in [0.25, 0.3) is 0 Å². The summed E-state index contributed by atoms with van der Waals surface area (Å²) in [5.41, 5.74) is 7.50. The molecule has 0 aliphatic carbocycles. The number of rotatable bonds is 6. The first-order chi connectivity index (χ1) is 9.90. The zero-order chi connectivity index (χ0) is 16.0. The molecule has 116 valence electrons. The van der Waals surface area contributed by atoms with Crippen LogP contribution in [0.2, 0.25) is 0 Å². The lowest BCUT2D eigenvalue weighted by Crippen LogP contribution is -2.39. The Morgan fingerprint density at radius 1 is 1.33 bits per heavy atom. The number of carbonyl (C=O) groups is 2. The number of hydrogen-bond acceptors (Lipinski definition) is 4. The topological polar surface area (TPSA) is 87.5 Å². The quantitative estimate of drug-likeness (QED) is 0.690. The predicted molar refractivity (Wildman–Crippen MR) is 85.3 cm³/mol. The summed E-state index contributed by atoms with van der Waals surface area (Å²) in [6.07, 6.45) is 0. The van der Waals surface area contributed by atoms with Crippen LogP contribution in [0.3, 0.4) is 0 Å². The minimum atomic E-state index is -0.415. The Balaban J connectivity index is 2.90. The van der Waals surface area contributed by atoms with Crippen LogP contribution in [0.4, 0.5) is 11.4 Å². The second kappa shape index (κ2) is 7.52. The van der Waals surface area contributed by atoms with E-state index in [0.29, 0.717) is 30.0 Å². The van der Waals surface area contributed by atoms with Crippen LogP contribution in [-0.2, 0) is 4.79 Å². The summed E-state index contributed by atoms with van der Waals surface area (Å²) in [4.78, 5) is 25.5. The second-order valence-electron chi connectivity index (χ2n) is 4.88. The number of nitrogen functional groups attached to an aromatic ring is 1. The highest BCUT2D eigenvalue weighted by molar-refractivity contribution is 5.96. The summed E-state index contributed by atoms with van der Waals surface area (Å²) in [7, 11) is 1.75. The van der Waals surface area contributed by atoms with Crippen LogP contribution in [0.5, 0.6) is 0 Å². The molecule has 0 heterocycles. The average molecular weight is 292 g/mol. The number of likely N-dealkylation sites (N-methyl/N-ethyl adjacent to an activating group) is 1. The largest absolute Gasteiger partial charge is 0.397 e. The molecule has 0 bridgehead atoms. The average Bonchev–Trinajstić information content (AvgIpc) is 2.47. The molecule has 0 saturated carbocycles. The number of anilines is 2. The summed E-state index contributed by atoms with van der Waals surface area (Å²) in [6, 6.07) is 4.57. The Morgan fingerprint density at radius 2 is 2.00 bits per heavy atom. The van der Waals surface area contributed by atoms with Crippen LogP contribution < -0.4 is 16.4 Å². The maximum atomic E-state index is 12.1. The molecule has 2 amide bonds. The fourth-order valence-corrected chi connectivity index (χ4v) is 1.87. The molecule has 1 atom stereocenters. The molecular weight excluding hydrogens is 268 g/mol. The van der Waals surface area contributed by atoms with Gasteiger partial charge in [-0.15, -0.1) is 0 Å². The summed E-state index contributed by atoms with van der Waals surface area (Å²) in [5.74, 6) is -0.189. The molecule has 21 heavy (non-hydrogen) atoms. The maximum Gasteiger partial charge on any atom is 0.251 e. The molecule has 1 rings (SSSR count). The van der Waals surface area contributed by atoms with Crippen molar-refractivity contribution in [2.24, 2.45) is 0 Å². The van der Waals surface area contributed by atoms with E-state index in [9.17, 15) is 9.59 Å². The molecule has 0 aliphatic heterocycles. The van der Waals surface area contributed by atoms with E-state index in [1.165, 1.54) is 0 Å². The van der Waals surface area contributed by atoms with Crippen molar-refractivity contribution in [3.05, 3.63) is 23.8 Å². The first kappa shape index (κ1) is 16.8. The number of hydrogen-bond donors (Lipinski definition) is 3. The van der Waals surface area contributed by atoms with Crippen LogP contribution in [0, 0.1) is 0 Å². The summed E-state index contributed by atoms with van der Waals surface area (Å²) < 4.78 is 0. The number of benzene rings is 1. The minimum absolute atomic E-state index is 0.0275. The van der Waals surface area contributed by atoms with Gasteiger partial charge in [0.1, 0.15) is 6.04 Å². The van der Waals surface area contributed by atoms with E-state index in [-0.39, 0.29) is 11.8 Å². The predicted octanol–water partition coefficient (Wildman–Crippen LogP) is 1.30. The van der Waals surface area contributed by atoms with Crippen molar-refractivity contribution >= 4 is 23.2 Å². The number of nitrogens with zero attached hydrogens (tertiary/aromatic N) is 1.